The van der Waals surface area contributed by atoms with Crippen LogP contribution in [0.3, 0.4) is 0 Å². The number of thiophene rings is 1. The molecule has 3 rings (SSSR count). The lowest BCUT2D eigenvalue weighted by molar-refractivity contribution is -0.0542. The number of aryl methyl sites for hydroxylation is 1. The zero-order chi connectivity index (χ0) is 14.7. The molecule has 0 radical (unpaired) electrons. The fraction of sp³-hybridized carbons (Fsp3) is 0.647. The minimum Gasteiger partial charge on any atom is -0.372 e. The maximum absolute atomic E-state index is 6.17. The first-order chi connectivity index (χ1) is 10.2. The van der Waals surface area contributed by atoms with Crippen LogP contribution < -0.4 is 0 Å². The summed E-state index contributed by atoms with van der Waals surface area (Å²) < 4.78 is 11.9. The maximum Gasteiger partial charge on any atom is 0.0841 e. The number of piperidine rings is 1. The normalized spacial score (nSPS) is 30.0. The molecule has 116 valence electrons. The number of ether oxygens (including phenoxy) is 2. The van der Waals surface area contributed by atoms with Gasteiger partial charge < -0.3 is 9.47 Å². The molecular formula is C17H25NO2S. The molecule has 0 N–H and O–H groups in total. The van der Waals surface area contributed by atoms with Gasteiger partial charge in [0.15, 0.2) is 0 Å². The molecule has 0 aromatic carbocycles. The van der Waals surface area contributed by atoms with E-state index in [-0.39, 0.29) is 11.7 Å². The van der Waals surface area contributed by atoms with Crippen LogP contribution in [0.25, 0.3) is 0 Å². The number of hydrogen-bond acceptors (Lipinski definition) is 4. The minimum absolute atomic E-state index is 0.0242. The fourth-order valence-corrected chi connectivity index (χ4v) is 4.45. The van der Waals surface area contributed by atoms with E-state index in [1.54, 1.807) is 0 Å². The summed E-state index contributed by atoms with van der Waals surface area (Å²) in [6.07, 6.45) is 5.48. The van der Waals surface area contributed by atoms with Gasteiger partial charge in [0.1, 0.15) is 0 Å². The standard InChI is InChI=1S/C17H25NO2S/c1-3-9-19-15-10-17(20-12-15)7-4-8-18(13-17)11-16-6-5-14(2)21-16/h3,5-6,15H,1,4,7-13H2,2H3. The van der Waals surface area contributed by atoms with Crippen molar-refractivity contribution < 1.29 is 9.47 Å². The van der Waals surface area contributed by atoms with Crippen LogP contribution in [-0.4, -0.2) is 42.9 Å². The molecule has 2 unspecified atom stereocenters. The number of nitrogens with zero attached hydrogens (tertiary/aromatic N) is 1. The van der Waals surface area contributed by atoms with Gasteiger partial charge in [0.25, 0.3) is 0 Å². The van der Waals surface area contributed by atoms with Crippen molar-refractivity contribution in [1.29, 1.82) is 0 Å². The second-order valence-corrected chi connectivity index (χ2v) is 7.64. The summed E-state index contributed by atoms with van der Waals surface area (Å²) in [4.78, 5) is 5.40. The summed E-state index contributed by atoms with van der Waals surface area (Å²) in [6, 6.07) is 4.47. The van der Waals surface area contributed by atoms with Gasteiger partial charge in [-0.3, -0.25) is 4.90 Å². The van der Waals surface area contributed by atoms with Gasteiger partial charge in [0.05, 0.1) is 24.9 Å². The molecule has 3 heterocycles. The quantitative estimate of drug-likeness (QED) is 0.778. The molecule has 3 nitrogen and oxygen atoms in total. The molecule has 2 atom stereocenters. The average molecular weight is 307 g/mol. The third-order valence-electron chi connectivity index (χ3n) is 4.42. The van der Waals surface area contributed by atoms with Gasteiger partial charge in [0.2, 0.25) is 0 Å². The van der Waals surface area contributed by atoms with Crippen molar-refractivity contribution in [1.82, 2.24) is 4.90 Å². The third kappa shape index (κ3) is 3.75. The minimum atomic E-state index is 0.0242. The van der Waals surface area contributed by atoms with E-state index in [1.165, 1.54) is 29.1 Å². The van der Waals surface area contributed by atoms with Gasteiger partial charge in [-0.05, 0) is 38.4 Å². The molecule has 2 aliphatic rings. The van der Waals surface area contributed by atoms with E-state index in [2.05, 4.69) is 30.5 Å². The Bertz CT molecular complexity index is 487. The lowest BCUT2D eigenvalue weighted by Crippen LogP contribution is -2.47. The largest absolute Gasteiger partial charge is 0.372 e. The topological polar surface area (TPSA) is 21.7 Å². The van der Waals surface area contributed by atoms with Gasteiger partial charge in [-0.15, -0.1) is 17.9 Å². The molecule has 1 aromatic rings. The van der Waals surface area contributed by atoms with Crippen LogP contribution in [-0.2, 0) is 16.0 Å². The molecule has 2 fully saturated rings. The van der Waals surface area contributed by atoms with Crippen molar-refractivity contribution in [2.75, 3.05) is 26.3 Å². The molecule has 0 bridgehead atoms. The van der Waals surface area contributed by atoms with Crippen LogP contribution in [0.5, 0.6) is 0 Å². The van der Waals surface area contributed by atoms with Crippen LogP contribution in [0.4, 0.5) is 0 Å². The third-order valence-corrected chi connectivity index (χ3v) is 5.40. The van der Waals surface area contributed by atoms with E-state index >= 15 is 0 Å². The SMILES string of the molecule is C=CCOC1COC2(CCCN(Cc3ccc(C)s3)C2)C1. The average Bonchev–Trinajstić information content (AvgIpc) is 3.04. The molecular weight excluding hydrogens is 282 g/mol. The van der Waals surface area contributed by atoms with Crippen molar-refractivity contribution in [3.05, 3.63) is 34.5 Å². The Hall–Kier alpha value is -0.680. The van der Waals surface area contributed by atoms with Gasteiger partial charge in [0, 0.05) is 29.3 Å². The van der Waals surface area contributed by atoms with Gasteiger partial charge in [-0.25, -0.2) is 0 Å². The first-order valence-corrected chi connectivity index (χ1v) is 8.65. The Balaban J connectivity index is 1.57. The number of likely N-dealkylation sites (tertiary alicyclic amines) is 1. The lowest BCUT2D eigenvalue weighted by Gasteiger charge is -2.39. The van der Waals surface area contributed by atoms with Crippen molar-refractivity contribution in [2.45, 2.75) is 44.4 Å². The predicted molar refractivity (Wildman–Crippen MR) is 86.8 cm³/mol. The maximum atomic E-state index is 6.17. The summed E-state index contributed by atoms with van der Waals surface area (Å²) in [5.41, 5.74) is 0.0242. The molecule has 2 saturated heterocycles. The molecule has 21 heavy (non-hydrogen) atoms. The van der Waals surface area contributed by atoms with Crippen LogP contribution in [0, 0.1) is 6.92 Å². The second-order valence-electron chi connectivity index (χ2n) is 6.27. The Morgan fingerprint density at radius 1 is 1.57 bits per heavy atom. The molecule has 0 amide bonds. The Kier molecular flexibility index (Phi) is 4.79. The Labute approximate surface area is 131 Å². The summed E-state index contributed by atoms with van der Waals surface area (Å²) in [6.45, 7) is 10.5. The molecule has 1 aromatic heterocycles. The van der Waals surface area contributed by atoms with Crippen LogP contribution in [0.15, 0.2) is 24.8 Å². The van der Waals surface area contributed by atoms with E-state index in [4.69, 9.17) is 9.47 Å². The monoisotopic (exact) mass is 307 g/mol. The van der Waals surface area contributed by atoms with E-state index < -0.39 is 0 Å². The highest BCUT2D eigenvalue weighted by molar-refractivity contribution is 7.11. The lowest BCUT2D eigenvalue weighted by atomic mass is 9.89. The van der Waals surface area contributed by atoms with E-state index in [1.807, 2.05) is 17.4 Å². The summed E-state index contributed by atoms with van der Waals surface area (Å²) in [5, 5.41) is 0. The van der Waals surface area contributed by atoms with Crippen molar-refractivity contribution >= 4 is 11.3 Å². The Morgan fingerprint density at radius 2 is 2.48 bits per heavy atom. The molecule has 2 aliphatic heterocycles. The van der Waals surface area contributed by atoms with E-state index in [0.29, 0.717) is 6.61 Å². The predicted octanol–water partition coefficient (Wildman–Crippen LogP) is 3.38. The van der Waals surface area contributed by atoms with Crippen molar-refractivity contribution in [3.8, 4) is 0 Å². The fourth-order valence-electron chi connectivity index (χ4n) is 3.51. The summed E-state index contributed by atoms with van der Waals surface area (Å²) in [5.74, 6) is 0. The van der Waals surface area contributed by atoms with Crippen LogP contribution >= 0.6 is 11.3 Å². The molecule has 1 spiro atoms. The highest BCUT2D eigenvalue weighted by Gasteiger charge is 2.43. The summed E-state index contributed by atoms with van der Waals surface area (Å²) >= 11 is 1.91. The smallest absolute Gasteiger partial charge is 0.0841 e. The van der Waals surface area contributed by atoms with Crippen LogP contribution in [0.2, 0.25) is 0 Å². The first-order valence-electron chi connectivity index (χ1n) is 7.83. The highest BCUT2D eigenvalue weighted by atomic mass is 32.1. The van der Waals surface area contributed by atoms with Gasteiger partial charge in [-0.2, -0.15) is 0 Å². The number of rotatable bonds is 5. The zero-order valence-corrected chi connectivity index (χ0v) is 13.7. The van der Waals surface area contributed by atoms with E-state index in [9.17, 15) is 0 Å². The molecule has 0 saturated carbocycles. The van der Waals surface area contributed by atoms with Crippen molar-refractivity contribution in [2.24, 2.45) is 0 Å². The second kappa shape index (κ2) is 6.61. The zero-order valence-electron chi connectivity index (χ0n) is 12.8. The first kappa shape index (κ1) is 15.2. The van der Waals surface area contributed by atoms with Crippen LogP contribution in [0.1, 0.15) is 29.0 Å². The molecule has 0 aliphatic carbocycles. The van der Waals surface area contributed by atoms with Crippen molar-refractivity contribution in [3.63, 3.8) is 0 Å². The highest BCUT2D eigenvalue weighted by Crippen LogP contribution is 2.36. The molecule has 4 heteroatoms. The van der Waals surface area contributed by atoms with E-state index in [0.717, 1.165) is 26.1 Å². The van der Waals surface area contributed by atoms with Gasteiger partial charge in [-0.1, -0.05) is 6.08 Å². The summed E-state index contributed by atoms with van der Waals surface area (Å²) in [7, 11) is 0. The van der Waals surface area contributed by atoms with Gasteiger partial charge >= 0.3 is 0 Å². The Morgan fingerprint density at radius 3 is 3.24 bits per heavy atom. The number of hydrogen-bond donors (Lipinski definition) is 0.